The van der Waals surface area contributed by atoms with Crippen LogP contribution >= 0.6 is 0 Å². The number of aryl methyl sites for hydroxylation is 1. The molecule has 1 atom stereocenters. The number of amides is 2. The van der Waals surface area contributed by atoms with Crippen LogP contribution in [0.15, 0.2) is 48.5 Å². The maximum Gasteiger partial charge on any atom is 0.261 e. The number of benzene rings is 2. The van der Waals surface area contributed by atoms with E-state index in [1.165, 1.54) is 5.56 Å². The number of hydrogen-bond donors (Lipinski definition) is 1. The van der Waals surface area contributed by atoms with Crippen molar-refractivity contribution in [1.82, 2.24) is 10.2 Å². The minimum absolute atomic E-state index is 0.0557. The average Bonchev–Trinajstić information content (AvgIpc) is 2.73. The number of likely N-dealkylation sites (N-methyl/N-ethyl adjacent to an activating group) is 1. The summed E-state index contributed by atoms with van der Waals surface area (Å²) in [5, 5.41) is 2.85. The molecule has 0 saturated carbocycles. The lowest BCUT2D eigenvalue weighted by Gasteiger charge is -2.30. The van der Waals surface area contributed by atoms with Crippen LogP contribution in [-0.2, 0) is 21.5 Å². The maximum absolute atomic E-state index is 13.1. The molecule has 2 aromatic rings. The van der Waals surface area contributed by atoms with Gasteiger partial charge in [0, 0.05) is 13.1 Å². The Labute approximate surface area is 186 Å². The summed E-state index contributed by atoms with van der Waals surface area (Å²) < 4.78 is 5.78. The molecule has 0 unspecified atom stereocenters. The third kappa shape index (κ3) is 7.12. The molecule has 0 spiro atoms. The Kier molecular flexibility index (Phi) is 8.66. The Balaban J connectivity index is 2.16. The SMILES string of the molecule is CCNC(=O)[C@@H](CC)N(Cc1ccc(C)cc1)C(=O)COc1ccc(C(C)(C)C)cc1. The number of carbonyl (C=O) groups excluding carboxylic acids is 2. The van der Waals surface area contributed by atoms with E-state index in [4.69, 9.17) is 4.74 Å². The fourth-order valence-electron chi connectivity index (χ4n) is 3.38. The fourth-order valence-corrected chi connectivity index (χ4v) is 3.38. The summed E-state index contributed by atoms with van der Waals surface area (Å²) in [5.74, 6) is 0.293. The van der Waals surface area contributed by atoms with Crippen molar-refractivity contribution in [2.45, 2.75) is 66.0 Å². The highest BCUT2D eigenvalue weighted by Gasteiger charge is 2.28. The van der Waals surface area contributed by atoms with Crippen molar-refractivity contribution in [3.05, 3.63) is 65.2 Å². The van der Waals surface area contributed by atoms with Gasteiger partial charge in [0.2, 0.25) is 5.91 Å². The topological polar surface area (TPSA) is 58.6 Å². The molecule has 1 N–H and O–H groups in total. The van der Waals surface area contributed by atoms with Crippen molar-refractivity contribution in [3.8, 4) is 5.75 Å². The van der Waals surface area contributed by atoms with E-state index in [0.717, 1.165) is 11.1 Å². The van der Waals surface area contributed by atoms with Crippen LogP contribution in [0, 0.1) is 6.92 Å². The molecule has 2 amide bonds. The third-order valence-electron chi connectivity index (χ3n) is 5.29. The molecule has 2 aromatic carbocycles. The van der Waals surface area contributed by atoms with Crippen LogP contribution in [0.5, 0.6) is 5.75 Å². The largest absolute Gasteiger partial charge is 0.484 e. The summed E-state index contributed by atoms with van der Waals surface area (Å²) >= 11 is 0. The van der Waals surface area contributed by atoms with Crippen molar-refractivity contribution in [1.29, 1.82) is 0 Å². The smallest absolute Gasteiger partial charge is 0.261 e. The summed E-state index contributed by atoms with van der Waals surface area (Å²) in [6.45, 7) is 13.1. The van der Waals surface area contributed by atoms with E-state index in [0.29, 0.717) is 25.3 Å². The van der Waals surface area contributed by atoms with Crippen LogP contribution in [0.2, 0.25) is 0 Å². The second-order valence-corrected chi connectivity index (χ2v) is 8.89. The number of nitrogens with one attached hydrogen (secondary N) is 1. The zero-order valence-electron chi connectivity index (χ0n) is 19.7. The maximum atomic E-state index is 13.1. The van der Waals surface area contributed by atoms with Gasteiger partial charge in [-0.1, -0.05) is 69.7 Å². The van der Waals surface area contributed by atoms with Gasteiger partial charge in [-0.05, 0) is 48.9 Å². The summed E-state index contributed by atoms with van der Waals surface area (Å²) in [6, 6.07) is 15.3. The standard InChI is InChI=1S/C26H36N2O3/c1-7-23(25(30)27-8-2)28(17-20-11-9-19(3)10-12-20)24(29)18-31-22-15-13-21(14-16-22)26(4,5)6/h9-16,23H,7-8,17-18H2,1-6H3,(H,27,30)/t23-/m1/s1. The van der Waals surface area contributed by atoms with Crippen molar-refractivity contribution in [3.63, 3.8) is 0 Å². The molecule has 31 heavy (non-hydrogen) atoms. The van der Waals surface area contributed by atoms with E-state index in [9.17, 15) is 9.59 Å². The normalized spacial score (nSPS) is 12.2. The second kappa shape index (κ2) is 11.0. The second-order valence-electron chi connectivity index (χ2n) is 8.89. The number of hydrogen-bond acceptors (Lipinski definition) is 3. The van der Waals surface area contributed by atoms with E-state index < -0.39 is 6.04 Å². The molecular formula is C26H36N2O3. The fraction of sp³-hybridized carbons (Fsp3) is 0.462. The Hall–Kier alpha value is -2.82. The quantitative estimate of drug-likeness (QED) is 0.639. The van der Waals surface area contributed by atoms with E-state index in [2.05, 4.69) is 26.1 Å². The predicted molar refractivity (Wildman–Crippen MR) is 125 cm³/mol. The van der Waals surface area contributed by atoms with E-state index in [1.54, 1.807) is 4.90 Å². The van der Waals surface area contributed by atoms with E-state index in [-0.39, 0.29) is 23.8 Å². The summed E-state index contributed by atoms with van der Waals surface area (Å²) in [4.78, 5) is 27.4. The minimum Gasteiger partial charge on any atom is -0.484 e. The van der Waals surface area contributed by atoms with Gasteiger partial charge >= 0.3 is 0 Å². The molecule has 0 aliphatic carbocycles. The van der Waals surface area contributed by atoms with Crippen molar-refractivity contribution >= 4 is 11.8 Å². The van der Waals surface area contributed by atoms with Crippen LogP contribution in [-0.4, -0.2) is 35.9 Å². The van der Waals surface area contributed by atoms with Gasteiger partial charge in [0.15, 0.2) is 6.61 Å². The van der Waals surface area contributed by atoms with E-state index >= 15 is 0 Å². The lowest BCUT2D eigenvalue weighted by molar-refractivity contribution is -0.142. The van der Waals surface area contributed by atoms with Crippen LogP contribution in [0.25, 0.3) is 0 Å². The molecule has 0 fully saturated rings. The monoisotopic (exact) mass is 424 g/mol. The zero-order chi connectivity index (χ0) is 23.0. The van der Waals surface area contributed by atoms with Gasteiger partial charge in [-0.3, -0.25) is 9.59 Å². The Morgan fingerprint density at radius 2 is 1.61 bits per heavy atom. The van der Waals surface area contributed by atoms with Gasteiger partial charge < -0.3 is 15.0 Å². The van der Waals surface area contributed by atoms with Crippen molar-refractivity contribution in [2.24, 2.45) is 0 Å². The molecule has 0 radical (unpaired) electrons. The molecule has 0 heterocycles. The first-order chi connectivity index (χ1) is 14.7. The number of carbonyl (C=O) groups is 2. The minimum atomic E-state index is -0.541. The molecular weight excluding hydrogens is 388 g/mol. The summed E-state index contributed by atoms with van der Waals surface area (Å²) in [7, 11) is 0. The van der Waals surface area contributed by atoms with Gasteiger partial charge in [0.05, 0.1) is 0 Å². The zero-order valence-corrected chi connectivity index (χ0v) is 19.7. The summed E-state index contributed by atoms with van der Waals surface area (Å²) in [6.07, 6.45) is 0.531. The predicted octanol–water partition coefficient (Wildman–Crippen LogP) is 4.61. The molecule has 0 aliphatic heterocycles. The highest BCUT2D eigenvalue weighted by Crippen LogP contribution is 2.24. The summed E-state index contributed by atoms with van der Waals surface area (Å²) in [5.41, 5.74) is 3.39. The van der Waals surface area contributed by atoms with Gasteiger partial charge in [-0.25, -0.2) is 0 Å². The number of nitrogens with zero attached hydrogens (tertiary/aromatic N) is 1. The third-order valence-corrected chi connectivity index (χ3v) is 5.29. The first-order valence-corrected chi connectivity index (χ1v) is 11.0. The van der Waals surface area contributed by atoms with E-state index in [1.807, 2.05) is 69.3 Å². The van der Waals surface area contributed by atoms with Gasteiger partial charge in [0.25, 0.3) is 5.91 Å². The van der Waals surface area contributed by atoms with Crippen molar-refractivity contribution < 1.29 is 14.3 Å². The van der Waals surface area contributed by atoms with Crippen LogP contribution < -0.4 is 10.1 Å². The molecule has 0 bridgehead atoms. The van der Waals surface area contributed by atoms with Gasteiger partial charge in [0.1, 0.15) is 11.8 Å². The lowest BCUT2D eigenvalue weighted by atomic mass is 9.87. The van der Waals surface area contributed by atoms with Gasteiger partial charge in [-0.2, -0.15) is 0 Å². The Bertz CT molecular complexity index is 852. The molecule has 0 saturated heterocycles. The van der Waals surface area contributed by atoms with Crippen molar-refractivity contribution in [2.75, 3.05) is 13.2 Å². The molecule has 168 valence electrons. The highest BCUT2D eigenvalue weighted by molar-refractivity contribution is 5.88. The Morgan fingerprint density at radius 1 is 1.00 bits per heavy atom. The Morgan fingerprint density at radius 3 is 2.13 bits per heavy atom. The number of rotatable bonds is 9. The van der Waals surface area contributed by atoms with Crippen LogP contribution in [0.1, 0.15) is 57.7 Å². The molecule has 0 aromatic heterocycles. The van der Waals surface area contributed by atoms with Gasteiger partial charge in [-0.15, -0.1) is 0 Å². The first-order valence-electron chi connectivity index (χ1n) is 11.0. The molecule has 5 nitrogen and oxygen atoms in total. The van der Waals surface area contributed by atoms with Crippen LogP contribution in [0.3, 0.4) is 0 Å². The lowest BCUT2D eigenvalue weighted by Crippen LogP contribution is -2.50. The molecule has 2 rings (SSSR count). The highest BCUT2D eigenvalue weighted by atomic mass is 16.5. The first kappa shape index (κ1) is 24.4. The average molecular weight is 425 g/mol. The molecule has 0 aliphatic rings. The number of ether oxygens (including phenoxy) is 1. The van der Waals surface area contributed by atoms with Crippen LogP contribution in [0.4, 0.5) is 0 Å². The molecule has 5 heteroatoms.